The number of Topliss-reactive ketones (excluding diaryl/α,β-unsaturated/α-hetero) is 1. The zero-order chi connectivity index (χ0) is 10.4. The van der Waals surface area contributed by atoms with Crippen molar-refractivity contribution in [3.8, 4) is 0 Å². The third-order valence-electron chi connectivity index (χ3n) is 2.45. The van der Waals surface area contributed by atoms with Crippen molar-refractivity contribution in [1.29, 1.82) is 0 Å². The standard InChI is InChI=1S/C11H6N2O2.2Na.3H2O/c14-9-5-6-1-2-8-7(3-4-12-8)10(6)13-11(9)15;;;;;/h1-5,12H;;;3*1H2. The minimum absolute atomic E-state index is 0. The van der Waals surface area contributed by atoms with Crippen LogP contribution in [-0.4, -0.2) is 92.2 Å². The molecule has 0 atom stereocenters. The molecular weight excluding hydrogens is 286 g/mol. The largest absolute Gasteiger partial charge is 0.412 e. The Labute approximate surface area is 157 Å². The Kier molecular flexibility index (Phi) is 11.8. The van der Waals surface area contributed by atoms with E-state index in [4.69, 9.17) is 0 Å². The summed E-state index contributed by atoms with van der Waals surface area (Å²) in [7, 11) is 0. The minimum Gasteiger partial charge on any atom is -0.412 e. The number of aromatic nitrogens is 1. The fourth-order valence-electron chi connectivity index (χ4n) is 1.74. The van der Waals surface area contributed by atoms with Gasteiger partial charge in [0.2, 0.25) is 5.78 Å². The minimum atomic E-state index is -0.698. The Morgan fingerprint density at radius 1 is 0.950 bits per heavy atom. The SMILES string of the molecule is O.O.O.O=C1C=c2ccc3[nH]ccc3c2=NC1=O.[Na].[Na]. The fourth-order valence-corrected chi connectivity index (χ4v) is 1.74. The van der Waals surface area contributed by atoms with Gasteiger partial charge in [0.05, 0.1) is 5.36 Å². The van der Waals surface area contributed by atoms with E-state index in [9.17, 15) is 9.59 Å². The molecule has 1 amide bonds. The van der Waals surface area contributed by atoms with E-state index in [0.717, 1.165) is 10.9 Å². The smallest absolute Gasteiger partial charge is 0.318 e. The van der Waals surface area contributed by atoms with Gasteiger partial charge in [0, 0.05) is 87.5 Å². The summed E-state index contributed by atoms with van der Waals surface area (Å²) in [6.07, 6.45) is 3.11. The number of amides is 1. The first kappa shape index (κ1) is 24.7. The number of ketones is 1. The molecule has 9 heteroatoms. The molecule has 3 rings (SSSR count). The molecule has 2 radical (unpaired) electrons. The van der Waals surface area contributed by atoms with E-state index >= 15 is 0 Å². The van der Waals surface area contributed by atoms with Crippen LogP contribution in [0.4, 0.5) is 0 Å². The molecular formula is C11H12N2Na2O5. The van der Waals surface area contributed by atoms with Crippen molar-refractivity contribution in [3.63, 3.8) is 0 Å². The van der Waals surface area contributed by atoms with Gasteiger partial charge in [0.1, 0.15) is 0 Å². The summed E-state index contributed by atoms with van der Waals surface area (Å²) in [4.78, 5) is 29.1. The van der Waals surface area contributed by atoms with Gasteiger partial charge in [-0.1, -0.05) is 6.07 Å². The zero-order valence-corrected chi connectivity index (χ0v) is 15.2. The Bertz CT molecular complexity index is 726. The maximum atomic E-state index is 11.2. The van der Waals surface area contributed by atoms with Crippen LogP contribution in [0.15, 0.2) is 29.4 Å². The number of H-pyrrole nitrogens is 1. The van der Waals surface area contributed by atoms with Crippen LogP contribution < -0.4 is 10.6 Å². The van der Waals surface area contributed by atoms with E-state index in [1.54, 1.807) is 12.3 Å². The molecule has 1 aliphatic heterocycles. The summed E-state index contributed by atoms with van der Waals surface area (Å²) in [5.74, 6) is -1.26. The predicted octanol–water partition coefficient (Wildman–Crippen LogP) is -3.56. The summed E-state index contributed by atoms with van der Waals surface area (Å²) < 4.78 is 0. The first-order chi connectivity index (χ1) is 7.25. The third-order valence-corrected chi connectivity index (χ3v) is 2.45. The van der Waals surface area contributed by atoms with Crippen LogP contribution in [0.5, 0.6) is 0 Å². The number of carbonyl (C=O) groups is 2. The Balaban J connectivity index is -0.000000578. The molecule has 0 fully saturated rings. The van der Waals surface area contributed by atoms with Crippen molar-refractivity contribution in [2.45, 2.75) is 0 Å². The number of benzene rings is 1. The van der Waals surface area contributed by atoms with Crippen LogP contribution in [0.3, 0.4) is 0 Å². The second kappa shape index (κ2) is 9.56. The van der Waals surface area contributed by atoms with E-state index in [-0.39, 0.29) is 75.5 Å². The summed E-state index contributed by atoms with van der Waals surface area (Å²) in [5, 5.41) is 2.15. The van der Waals surface area contributed by atoms with Crippen LogP contribution in [-0.2, 0) is 9.59 Å². The van der Waals surface area contributed by atoms with Gasteiger partial charge in [0.25, 0.3) is 0 Å². The van der Waals surface area contributed by atoms with Gasteiger partial charge in [-0.15, -0.1) is 0 Å². The van der Waals surface area contributed by atoms with Gasteiger partial charge in [-0.2, -0.15) is 0 Å². The average Bonchev–Trinajstić information content (AvgIpc) is 2.68. The first-order valence-electron chi connectivity index (χ1n) is 4.50. The van der Waals surface area contributed by atoms with Gasteiger partial charge in [0.15, 0.2) is 0 Å². The van der Waals surface area contributed by atoms with E-state index in [1.165, 1.54) is 6.08 Å². The average molecular weight is 298 g/mol. The van der Waals surface area contributed by atoms with Gasteiger partial charge >= 0.3 is 5.91 Å². The number of nitrogens with one attached hydrogen (secondary N) is 1. The molecule has 0 spiro atoms. The van der Waals surface area contributed by atoms with E-state index in [0.29, 0.717) is 10.6 Å². The molecule has 98 valence electrons. The molecule has 2 aromatic rings. The molecule has 20 heavy (non-hydrogen) atoms. The topological polar surface area (TPSA) is 157 Å². The molecule has 2 heterocycles. The summed E-state index contributed by atoms with van der Waals surface area (Å²) in [6, 6.07) is 5.49. The number of hydrogen-bond donors (Lipinski definition) is 1. The molecule has 0 saturated carbocycles. The number of aromatic amines is 1. The van der Waals surface area contributed by atoms with Crippen molar-refractivity contribution in [2.75, 3.05) is 0 Å². The predicted molar refractivity (Wildman–Crippen MR) is 75.9 cm³/mol. The van der Waals surface area contributed by atoms with Crippen molar-refractivity contribution in [3.05, 3.63) is 35.0 Å². The number of rotatable bonds is 0. The molecule has 0 aliphatic carbocycles. The number of carbonyl (C=O) groups excluding carboxylic acids is 2. The van der Waals surface area contributed by atoms with Crippen molar-refractivity contribution < 1.29 is 26.0 Å². The van der Waals surface area contributed by atoms with Crippen LogP contribution in [0, 0.1) is 0 Å². The number of hydrogen-bond acceptors (Lipinski definition) is 2. The Hall–Kier alpha value is -0.350. The van der Waals surface area contributed by atoms with Crippen molar-refractivity contribution >= 4 is 87.8 Å². The molecule has 0 bridgehead atoms. The summed E-state index contributed by atoms with van der Waals surface area (Å²) >= 11 is 0. The van der Waals surface area contributed by atoms with Crippen LogP contribution >= 0.6 is 0 Å². The molecule has 1 aliphatic rings. The summed E-state index contributed by atoms with van der Waals surface area (Å²) in [6.45, 7) is 0. The van der Waals surface area contributed by atoms with Crippen LogP contribution in [0.1, 0.15) is 0 Å². The van der Waals surface area contributed by atoms with Gasteiger partial charge in [-0.05, 0) is 12.1 Å². The molecule has 7 nitrogen and oxygen atoms in total. The molecule has 0 saturated heterocycles. The fraction of sp³-hybridized carbons (Fsp3) is 0. The molecule has 0 unspecified atom stereocenters. The maximum Gasteiger partial charge on any atom is 0.318 e. The number of nitrogens with zero attached hydrogens (tertiary/aromatic N) is 1. The molecule has 7 N–H and O–H groups in total. The summed E-state index contributed by atoms with van der Waals surface area (Å²) in [5.41, 5.74) is 0.910. The van der Waals surface area contributed by atoms with Gasteiger partial charge in [-0.25, -0.2) is 4.99 Å². The van der Waals surface area contributed by atoms with E-state index < -0.39 is 11.7 Å². The normalized spacial score (nSPS) is 11.0. The number of fused-ring (bicyclic) bond motifs is 3. The first-order valence-corrected chi connectivity index (χ1v) is 4.50. The van der Waals surface area contributed by atoms with E-state index in [2.05, 4.69) is 9.98 Å². The zero-order valence-electron chi connectivity index (χ0n) is 11.2. The van der Waals surface area contributed by atoms with Crippen LogP contribution in [0.25, 0.3) is 17.0 Å². The van der Waals surface area contributed by atoms with Crippen molar-refractivity contribution in [1.82, 2.24) is 4.98 Å². The third kappa shape index (κ3) is 4.08. The quantitative estimate of drug-likeness (QED) is 0.394. The Morgan fingerprint density at radius 3 is 2.25 bits per heavy atom. The molecule has 1 aromatic carbocycles. The second-order valence-corrected chi connectivity index (χ2v) is 3.37. The Morgan fingerprint density at radius 2 is 1.60 bits per heavy atom. The van der Waals surface area contributed by atoms with E-state index in [1.807, 2.05) is 12.1 Å². The van der Waals surface area contributed by atoms with Gasteiger partial charge < -0.3 is 21.4 Å². The maximum absolute atomic E-state index is 11.2. The molecule has 1 aromatic heterocycles. The second-order valence-electron chi connectivity index (χ2n) is 3.37. The monoisotopic (exact) mass is 298 g/mol. The van der Waals surface area contributed by atoms with Gasteiger partial charge in [-0.3, -0.25) is 9.59 Å². The van der Waals surface area contributed by atoms with Crippen molar-refractivity contribution in [2.24, 2.45) is 4.99 Å². The van der Waals surface area contributed by atoms with Crippen LogP contribution in [0.2, 0.25) is 0 Å².